The summed E-state index contributed by atoms with van der Waals surface area (Å²) in [6.07, 6.45) is -0.343. The van der Waals surface area contributed by atoms with Crippen LogP contribution in [0.25, 0.3) is 0 Å². The van der Waals surface area contributed by atoms with Crippen molar-refractivity contribution in [1.29, 1.82) is 0 Å². The summed E-state index contributed by atoms with van der Waals surface area (Å²) in [5.41, 5.74) is 3.47. The van der Waals surface area contributed by atoms with Gasteiger partial charge in [0.05, 0.1) is 12.6 Å². The summed E-state index contributed by atoms with van der Waals surface area (Å²) in [5, 5.41) is 10.4. The first-order valence-electron chi connectivity index (χ1n) is 15.1. The third-order valence-electron chi connectivity index (χ3n) is 8.50. The van der Waals surface area contributed by atoms with Crippen molar-refractivity contribution in [3.05, 3.63) is 101 Å². The van der Waals surface area contributed by atoms with Crippen molar-refractivity contribution in [1.82, 2.24) is 19.6 Å². The van der Waals surface area contributed by atoms with Gasteiger partial charge in [-0.05, 0) is 73.9 Å². The van der Waals surface area contributed by atoms with E-state index in [0.717, 1.165) is 29.8 Å². The minimum atomic E-state index is -0.343. The highest BCUT2D eigenvalue weighted by molar-refractivity contribution is 5.94. The third kappa shape index (κ3) is 7.17. The van der Waals surface area contributed by atoms with Crippen LogP contribution >= 0.6 is 0 Å². The third-order valence-corrected chi connectivity index (χ3v) is 8.50. The number of halogens is 1. The molecule has 0 aliphatic carbocycles. The van der Waals surface area contributed by atoms with E-state index < -0.39 is 0 Å². The summed E-state index contributed by atoms with van der Waals surface area (Å²) in [5.74, 6) is -0.0999. The zero-order chi connectivity index (χ0) is 30.5. The fourth-order valence-electron chi connectivity index (χ4n) is 6.28. The summed E-state index contributed by atoms with van der Waals surface area (Å²) in [7, 11) is 0. The summed E-state index contributed by atoms with van der Waals surface area (Å²) in [4.78, 5) is 33.9. The second-order valence-electron chi connectivity index (χ2n) is 11.6. The highest BCUT2D eigenvalue weighted by atomic mass is 19.1. The van der Waals surface area contributed by atoms with E-state index in [1.807, 2.05) is 42.5 Å². The number of phenolic OH excluding ortho intramolecular Hbond substituents is 1. The maximum atomic E-state index is 13.9. The Bertz CT molecular complexity index is 1430. The van der Waals surface area contributed by atoms with Crippen LogP contribution in [0.5, 0.6) is 5.75 Å². The van der Waals surface area contributed by atoms with Crippen LogP contribution < -0.4 is 0 Å². The first-order chi connectivity index (χ1) is 20.7. The number of nitrogens with zero attached hydrogens (tertiary/aromatic N) is 4. The first-order valence-corrected chi connectivity index (χ1v) is 15.1. The molecular formula is C34H41FN4O4. The van der Waals surface area contributed by atoms with Crippen LogP contribution in [-0.2, 0) is 11.3 Å². The van der Waals surface area contributed by atoms with E-state index in [1.165, 1.54) is 6.07 Å². The van der Waals surface area contributed by atoms with Crippen LogP contribution in [0.3, 0.4) is 0 Å². The van der Waals surface area contributed by atoms with Gasteiger partial charge in [0, 0.05) is 63.5 Å². The quantitative estimate of drug-likeness (QED) is 0.413. The van der Waals surface area contributed by atoms with Crippen LogP contribution in [0.1, 0.15) is 53.9 Å². The lowest BCUT2D eigenvalue weighted by molar-refractivity contribution is 0.0194. The lowest BCUT2D eigenvalue weighted by atomic mass is 9.92. The number of piperazine rings is 2. The van der Waals surface area contributed by atoms with Gasteiger partial charge >= 0.3 is 6.09 Å². The van der Waals surface area contributed by atoms with Gasteiger partial charge in [-0.2, -0.15) is 0 Å². The van der Waals surface area contributed by atoms with Gasteiger partial charge in [0.1, 0.15) is 11.6 Å². The Hall–Kier alpha value is -3.95. The van der Waals surface area contributed by atoms with Crippen LogP contribution in [-0.4, -0.2) is 94.7 Å². The van der Waals surface area contributed by atoms with Crippen LogP contribution in [0.2, 0.25) is 0 Å². The van der Waals surface area contributed by atoms with E-state index in [2.05, 4.69) is 23.6 Å². The molecule has 2 fully saturated rings. The average molecular weight is 589 g/mol. The minimum Gasteiger partial charge on any atom is -0.508 e. The van der Waals surface area contributed by atoms with Gasteiger partial charge in [0.15, 0.2) is 0 Å². The molecular weight excluding hydrogens is 547 g/mol. The van der Waals surface area contributed by atoms with Crippen molar-refractivity contribution in [2.45, 2.75) is 45.4 Å². The summed E-state index contributed by atoms with van der Waals surface area (Å²) >= 11 is 0. The lowest BCUT2D eigenvalue weighted by Gasteiger charge is -2.47. The Morgan fingerprint density at radius 1 is 0.884 bits per heavy atom. The summed E-state index contributed by atoms with van der Waals surface area (Å²) in [6.45, 7) is 10.5. The number of carbonyl (C=O) groups is 2. The van der Waals surface area contributed by atoms with Gasteiger partial charge in [0.25, 0.3) is 5.91 Å². The molecule has 0 spiro atoms. The number of aromatic hydroxyl groups is 1. The molecule has 3 atom stereocenters. The van der Waals surface area contributed by atoms with E-state index >= 15 is 0 Å². The molecule has 5 rings (SSSR count). The highest BCUT2D eigenvalue weighted by Gasteiger charge is 2.35. The zero-order valence-electron chi connectivity index (χ0n) is 25.2. The Balaban J connectivity index is 1.37. The molecule has 2 aliphatic heterocycles. The number of amides is 2. The molecule has 2 aliphatic rings. The fraction of sp³-hybridized carbons (Fsp3) is 0.412. The van der Waals surface area contributed by atoms with Gasteiger partial charge in [-0.1, -0.05) is 36.4 Å². The monoisotopic (exact) mass is 588 g/mol. The first kappa shape index (κ1) is 30.5. The number of ether oxygens (including phenoxy) is 1. The Labute approximate surface area is 253 Å². The lowest BCUT2D eigenvalue weighted by Crippen LogP contribution is -2.56. The molecule has 2 saturated heterocycles. The second-order valence-corrected chi connectivity index (χ2v) is 11.6. The molecule has 9 heteroatoms. The standard InChI is InChI=1S/C34H41FN4O4/c1-4-43-34(42)37-16-14-36(15-17-37)33(41)29-11-6-9-27(19-29)32(28-10-7-13-31(40)20-28)39-22-24(2)38(21-25(39)3)23-26-8-5-12-30(35)18-26/h5-13,18-20,24-25,32,40H,4,14-17,21-23H2,1-3H3/t24-,25+,32-/m1/s1. The van der Waals surface area contributed by atoms with E-state index in [4.69, 9.17) is 4.74 Å². The van der Waals surface area contributed by atoms with E-state index in [9.17, 15) is 19.1 Å². The van der Waals surface area contributed by atoms with Crippen molar-refractivity contribution in [2.24, 2.45) is 0 Å². The van der Waals surface area contributed by atoms with Gasteiger partial charge in [0.2, 0.25) is 0 Å². The molecule has 0 radical (unpaired) electrons. The second kappa shape index (κ2) is 13.6. The maximum absolute atomic E-state index is 13.9. The number of carbonyl (C=O) groups excluding carboxylic acids is 2. The molecule has 3 aromatic carbocycles. The van der Waals surface area contributed by atoms with Crippen molar-refractivity contribution in [3.8, 4) is 5.75 Å². The molecule has 3 aromatic rings. The molecule has 2 amide bonds. The normalized spacial score (nSPS) is 20.6. The Kier molecular flexibility index (Phi) is 9.62. The van der Waals surface area contributed by atoms with Crippen molar-refractivity contribution in [3.63, 3.8) is 0 Å². The zero-order valence-corrected chi connectivity index (χ0v) is 25.2. The molecule has 0 bridgehead atoms. The average Bonchev–Trinajstić information content (AvgIpc) is 3.00. The fourth-order valence-corrected chi connectivity index (χ4v) is 6.28. The smallest absolute Gasteiger partial charge is 0.409 e. The van der Waals surface area contributed by atoms with Crippen LogP contribution in [0, 0.1) is 5.82 Å². The van der Waals surface area contributed by atoms with Gasteiger partial charge in [-0.25, -0.2) is 9.18 Å². The number of hydrogen-bond acceptors (Lipinski definition) is 6. The largest absolute Gasteiger partial charge is 0.508 e. The van der Waals surface area contributed by atoms with E-state index in [-0.39, 0.29) is 41.7 Å². The van der Waals surface area contributed by atoms with Crippen LogP contribution in [0.15, 0.2) is 72.8 Å². The van der Waals surface area contributed by atoms with Crippen molar-refractivity contribution >= 4 is 12.0 Å². The molecule has 1 N–H and O–H groups in total. The molecule has 0 unspecified atom stereocenters. The molecule has 43 heavy (non-hydrogen) atoms. The minimum absolute atomic E-state index is 0.0682. The van der Waals surface area contributed by atoms with Crippen molar-refractivity contribution < 1.29 is 23.8 Å². The number of hydrogen-bond donors (Lipinski definition) is 1. The molecule has 0 aromatic heterocycles. The van der Waals surface area contributed by atoms with Gasteiger partial charge < -0.3 is 19.6 Å². The van der Waals surface area contributed by atoms with Crippen LogP contribution in [0.4, 0.5) is 9.18 Å². The topological polar surface area (TPSA) is 76.6 Å². The Morgan fingerprint density at radius 3 is 2.26 bits per heavy atom. The number of phenols is 1. The molecule has 8 nitrogen and oxygen atoms in total. The Morgan fingerprint density at radius 2 is 1.56 bits per heavy atom. The SMILES string of the molecule is CCOC(=O)N1CCN(C(=O)c2cccc([C@H](c3cccc(O)c3)N3C[C@@H](C)N(Cc4cccc(F)c4)C[C@@H]3C)c2)CC1. The van der Waals surface area contributed by atoms with Gasteiger partial charge in [-0.3, -0.25) is 14.6 Å². The van der Waals surface area contributed by atoms with Crippen molar-refractivity contribution in [2.75, 3.05) is 45.9 Å². The predicted molar refractivity (Wildman–Crippen MR) is 163 cm³/mol. The number of rotatable bonds is 7. The van der Waals surface area contributed by atoms with Gasteiger partial charge in [-0.15, -0.1) is 0 Å². The predicted octanol–water partition coefficient (Wildman–Crippen LogP) is 5.13. The molecule has 2 heterocycles. The van der Waals surface area contributed by atoms with E-state index in [1.54, 1.807) is 41.0 Å². The molecule has 228 valence electrons. The maximum Gasteiger partial charge on any atom is 0.409 e. The van der Waals surface area contributed by atoms with E-state index in [0.29, 0.717) is 44.9 Å². The molecule has 0 saturated carbocycles. The highest BCUT2D eigenvalue weighted by Crippen LogP contribution is 2.35. The summed E-state index contributed by atoms with van der Waals surface area (Å²) in [6, 6.07) is 22.0. The summed E-state index contributed by atoms with van der Waals surface area (Å²) < 4.78 is 19.0. The number of benzene rings is 3.